The van der Waals surface area contributed by atoms with Crippen LogP contribution in [0, 0.1) is 0 Å². The number of hydrogen-bond acceptors (Lipinski definition) is 7. The standard InChI is InChI=1S/C22H25ClN4O3/c1-28-20-14-19-18(13-21(20)30-9-3-6-27-7-10-29-11-8-27)22(25-15-24-19)26-17-5-2-4-16(23)12-17/h2,4-5,12-15H,3,6-11H2,1H3,(H,24,25,26). The highest BCUT2D eigenvalue weighted by Crippen LogP contribution is 2.35. The van der Waals surface area contributed by atoms with Crippen LogP contribution in [0.5, 0.6) is 11.5 Å². The topological polar surface area (TPSA) is 68.7 Å². The van der Waals surface area contributed by atoms with Gasteiger partial charge in [0.2, 0.25) is 0 Å². The summed E-state index contributed by atoms with van der Waals surface area (Å²) < 4.78 is 17.0. The van der Waals surface area contributed by atoms with Crippen molar-refractivity contribution < 1.29 is 14.2 Å². The first-order valence-corrected chi connectivity index (χ1v) is 10.4. The van der Waals surface area contributed by atoms with E-state index >= 15 is 0 Å². The summed E-state index contributed by atoms with van der Waals surface area (Å²) in [6.07, 6.45) is 2.46. The van der Waals surface area contributed by atoms with E-state index in [1.807, 2.05) is 36.4 Å². The Hall–Kier alpha value is -2.61. The zero-order valence-corrected chi connectivity index (χ0v) is 17.7. The predicted molar refractivity (Wildman–Crippen MR) is 118 cm³/mol. The summed E-state index contributed by atoms with van der Waals surface area (Å²) in [5, 5.41) is 4.82. The summed E-state index contributed by atoms with van der Waals surface area (Å²) in [6, 6.07) is 11.3. The fourth-order valence-electron chi connectivity index (χ4n) is 3.43. The minimum Gasteiger partial charge on any atom is -0.493 e. The summed E-state index contributed by atoms with van der Waals surface area (Å²) in [7, 11) is 1.63. The van der Waals surface area contributed by atoms with Gasteiger partial charge in [-0.3, -0.25) is 4.90 Å². The summed E-state index contributed by atoms with van der Waals surface area (Å²) in [4.78, 5) is 11.2. The van der Waals surface area contributed by atoms with Crippen molar-refractivity contribution in [1.29, 1.82) is 0 Å². The number of halogens is 1. The molecule has 1 aliphatic heterocycles. The number of fused-ring (bicyclic) bond motifs is 1. The molecule has 1 N–H and O–H groups in total. The van der Waals surface area contributed by atoms with Gasteiger partial charge in [0.1, 0.15) is 12.1 Å². The van der Waals surface area contributed by atoms with Gasteiger partial charge in [-0.2, -0.15) is 0 Å². The highest BCUT2D eigenvalue weighted by molar-refractivity contribution is 6.30. The van der Waals surface area contributed by atoms with Crippen LogP contribution in [-0.2, 0) is 4.74 Å². The highest BCUT2D eigenvalue weighted by atomic mass is 35.5. The van der Waals surface area contributed by atoms with Gasteiger partial charge in [0.15, 0.2) is 11.5 Å². The van der Waals surface area contributed by atoms with E-state index in [0.717, 1.165) is 55.9 Å². The second-order valence-electron chi connectivity index (χ2n) is 7.03. The normalized spacial score (nSPS) is 14.6. The van der Waals surface area contributed by atoms with Crippen LogP contribution >= 0.6 is 11.6 Å². The molecule has 0 saturated carbocycles. The first kappa shape index (κ1) is 20.7. The van der Waals surface area contributed by atoms with E-state index in [4.69, 9.17) is 25.8 Å². The van der Waals surface area contributed by atoms with E-state index < -0.39 is 0 Å². The SMILES string of the molecule is COc1cc2ncnc(Nc3cccc(Cl)c3)c2cc1OCCCN1CCOCC1. The molecule has 0 aliphatic carbocycles. The highest BCUT2D eigenvalue weighted by Gasteiger charge is 2.13. The number of methoxy groups -OCH3 is 1. The van der Waals surface area contributed by atoms with Gasteiger partial charge >= 0.3 is 0 Å². The maximum Gasteiger partial charge on any atom is 0.162 e. The van der Waals surface area contributed by atoms with Crippen LogP contribution in [0.15, 0.2) is 42.7 Å². The molecular weight excluding hydrogens is 404 g/mol. The number of ether oxygens (including phenoxy) is 3. The predicted octanol–water partition coefficient (Wildman–Crippen LogP) is 4.14. The molecule has 1 saturated heterocycles. The Labute approximate surface area is 180 Å². The van der Waals surface area contributed by atoms with Gasteiger partial charge in [-0.25, -0.2) is 9.97 Å². The van der Waals surface area contributed by atoms with Crippen LogP contribution in [0.3, 0.4) is 0 Å². The Morgan fingerprint density at radius 2 is 2.00 bits per heavy atom. The molecule has 0 unspecified atom stereocenters. The van der Waals surface area contributed by atoms with Gasteiger partial charge in [-0.1, -0.05) is 17.7 Å². The van der Waals surface area contributed by atoms with Crippen molar-refractivity contribution in [2.75, 3.05) is 51.9 Å². The van der Waals surface area contributed by atoms with E-state index in [2.05, 4.69) is 20.2 Å². The summed E-state index contributed by atoms with van der Waals surface area (Å²) in [6.45, 7) is 5.17. The number of aromatic nitrogens is 2. The fraction of sp³-hybridized carbons (Fsp3) is 0.364. The second-order valence-corrected chi connectivity index (χ2v) is 7.47. The molecule has 0 amide bonds. The van der Waals surface area contributed by atoms with Gasteiger partial charge in [0.05, 0.1) is 32.4 Å². The largest absolute Gasteiger partial charge is 0.493 e. The maximum atomic E-state index is 6.10. The first-order valence-electron chi connectivity index (χ1n) is 10.0. The molecule has 8 heteroatoms. The summed E-state index contributed by atoms with van der Waals surface area (Å²) >= 11 is 6.10. The van der Waals surface area contributed by atoms with Gasteiger partial charge in [-0.15, -0.1) is 0 Å². The first-order chi connectivity index (χ1) is 14.7. The molecule has 0 radical (unpaired) electrons. The Balaban J connectivity index is 1.50. The Bertz CT molecular complexity index is 995. The van der Waals surface area contributed by atoms with Crippen molar-refractivity contribution in [3.63, 3.8) is 0 Å². The summed E-state index contributed by atoms with van der Waals surface area (Å²) in [5.41, 5.74) is 1.62. The molecule has 2 aromatic carbocycles. The van der Waals surface area contributed by atoms with E-state index in [0.29, 0.717) is 28.9 Å². The lowest BCUT2D eigenvalue weighted by atomic mass is 10.2. The van der Waals surface area contributed by atoms with Crippen molar-refractivity contribution in [2.24, 2.45) is 0 Å². The molecule has 1 aliphatic rings. The zero-order chi connectivity index (χ0) is 20.8. The van der Waals surface area contributed by atoms with Crippen molar-refractivity contribution in [3.05, 3.63) is 47.7 Å². The van der Waals surface area contributed by atoms with Gasteiger partial charge in [-0.05, 0) is 30.7 Å². The van der Waals surface area contributed by atoms with Gasteiger partial charge < -0.3 is 19.5 Å². The number of benzene rings is 2. The van der Waals surface area contributed by atoms with Crippen LogP contribution < -0.4 is 14.8 Å². The fourth-order valence-corrected chi connectivity index (χ4v) is 3.62. The van der Waals surface area contributed by atoms with Crippen molar-refractivity contribution in [3.8, 4) is 11.5 Å². The molecule has 158 valence electrons. The third kappa shape index (κ3) is 5.11. The second kappa shape index (κ2) is 9.93. The van der Waals surface area contributed by atoms with Crippen molar-refractivity contribution in [2.45, 2.75) is 6.42 Å². The smallest absolute Gasteiger partial charge is 0.162 e. The lowest BCUT2D eigenvalue weighted by molar-refractivity contribution is 0.0357. The molecule has 2 heterocycles. The molecule has 7 nitrogen and oxygen atoms in total. The lowest BCUT2D eigenvalue weighted by Crippen LogP contribution is -2.37. The minimum atomic E-state index is 0.601. The van der Waals surface area contributed by atoms with E-state index in [9.17, 15) is 0 Å². The molecule has 1 aromatic heterocycles. The van der Waals surface area contributed by atoms with E-state index in [-0.39, 0.29) is 0 Å². The van der Waals surface area contributed by atoms with Crippen LogP contribution in [0.25, 0.3) is 10.9 Å². The van der Waals surface area contributed by atoms with Gasteiger partial charge in [0, 0.05) is 41.8 Å². The average molecular weight is 429 g/mol. The number of rotatable bonds is 8. The number of nitrogens with one attached hydrogen (secondary N) is 1. The Kier molecular flexibility index (Phi) is 6.84. The molecule has 0 bridgehead atoms. The van der Waals surface area contributed by atoms with Crippen molar-refractivity contribution in [1.82, 2.24) is 14.9 Å². The van der Waals surface area contributed by atoms with Crippen LogP contribution in [0.1, 0.15) is 6.42 Å². The average Bonchev–Trinajstić information content (AvgIpc) is 2.77. The Morgan fingerprint density at radius 1 is 1.13 bits per heavy atom. The Morgan fingerprint density at radius 3 is 2.80 bits per heavy atom. The van der Waals surface area contributed by atoms with E-state index in [1.165, 1.54) is 6.33 Å². The lowest BCUT2D eigenvalue weighted by Gasteiger charge is -2.26. The molecule has 0 spiro atoms. The van der Waals surface area contributed by atoms with Crippen LogP contribution in [-0.4, -0.2) is 61.4 Å². The van der Waals surface area contributed by atoms with E-state index in [1.54, 1.807) is 7.11 Å². The number of anilines is 2. The van der Waals surface area contributed by atoms with Crippen LogP contribution in [0.4, 0.5) is 11.5 Å². The number of hydrogen-bond donors (Lipinski definition) is 1. The minimum absolute atomic E-state index is 0.601. The maximum absolute atomic E-state index is 6.10. The van der Waals surface area contributed by atoms with Crippen molar-refractivity contribution >= 4 is 34.0 Å². The molecule has 4 rings (SSSR count). The van der Waals surface area contributed by atoms with Crippen LogP contribution in [0.2, 0.25) is 5.02 Å². The molecule has 3 aromatic rings. The van der Waals surface area contributed by atoms with Gasteiger partial charge in [0.25, 0.3) is 0 Å². The summed E-state index contributed by atoms with van der Waals surface area (Å²) in [5.74, 6) is 2.01. The monoisotopic (exact) mass is 428 g/mol. The number of morpholine rings is 1. The molecular formula is C22H25ClN4O3. The molecule has 30 heavy (non-hydrogen) atoms. The number of nitrogens with zero attached hydrogens (tertiary/aromatic N) is 3. The molecule has 0 atom stereocenters. The molecule has 1 fully saturated rings. The quantitative estimate of drug-likeness (QED) is 0.541. The zero-order valence-electron chi connectivity index (χ0n) is 16.9. The third-order valence-corrected chi connectivity index (χ3v) is 5.22. The third-order valence-electron chi connectivity index (χ3n) is 4.99.